The normalized spacial score (nSPS) is 18.0. The summed E-state index contributed by atoms with van der Waals surface area (Å²) in [6.45, 7) is 4.60. The fourth-order valence-electron chi connectivity index (χ4n) is 2.68. The van der Waals surface area contributed by atoms with Gasteiger partial charge in [-0.3, -0.25) is 4.79 Å². The van der Waals surface area contributed by atoms with Crippen molar-refractivity contribution in [3.63, 3.8) is 0 Å². The van der Waals surface area contributed by atoms with Crippen molar-refractivity contribution in [3.8, 4) is 0 Å². The van der Waals surface area contributed by atoms with Gasteiger partial charge in [-0.2, -0.15) is 5.10 Å². The molecule has 1 aromatic heterocycles. The molecule has 1 aliphatic heterocycles. The van der Waals surface area contributed by atoms with Gasteiger partial charge >= 0.3 is 0 Å². The molecule has 0 bridgehead atoms. The number of nitrogens with two attached hydrogens (primary N) is 1. The highest BCUT2D eigenvalue weighted by molar-refractivity contribution is 6.33. The Hall–Kier alpha value is -1.11. The van der Waals surface area contributed by atoms with E-state index in [1.54, 1.807) is 13.3 Å². The van der Waals surface area contributed by atoms with E-state index in [1.165, 1.54) is 4.68 Å². The summed E-state index contributed by atoms with van der Waals surface area (Å²) in [6, 6.07) is 0.211. The Morgan fingerprint density at radius 3 is 2.76 bits per heavy atom. The summed E-state index contributed by atoms with van der Waals surface area (Å²) in [7, 11) is 1.59. The molecule has 2 N–H and O–H groups in total. The fraction of sp³-hybridized carbons (Fsp3) is 0.714. The van der Waals surface area contributed by atoms with Gasteiger partial charge in [0, 0.05) is 26.2 Å². The van der Waals surface area contributed by atoms with Crippen molar-refractivity contribution >= 4 is 17.3 Å². The molecule has 1 unspecified atom stereocenters. The van der Waals surface area contributed by atoms with Crippen molar-refractivity contribution in [3.05, 3.63) is 21.6 Å². The Morgan fingerprint density at radius 2 is 2.19 bits per heavy atom. The molecule has 1 fully saturated rings. The van der Waals surface area contributed by atoms with Gasteiger partial charge in [-0.1, -0.05) is 11.6 Å². The summed E-state index contributed by atoms with van der Waals surface area (Å²) in [4.78, 5) is 14.3. The lowest BCUT2D eigenvalue weighted by molar-refractivity contribution is 0.182. The highest BCUT2D eigenvalue weighted by Gasteiger charge is 2.24. The molecule has 0 aromatic carbocycles. The number of rotatable bonds is 5. The topological polar surface area (TPSA) is 73.4 Å². The third-order valence-corrected chi connectivity index (χ3v) is 4.45. The molecule has 0 spiro atoms. The van der Waals surface area contributed by atoms with Crippen LogP contribution in [0.1, 0.15) is 19.8 Å². The maximum absolute atomic E-state index is 12.2. The number of methoxy groups -OCH3 is 1. The number of halogens is 1. The molecule has 0 saturated carbocycles. The molecule has 7 heteroatoms. The molecular weight excluding hydrogens is 292 g/mol. The first-order chi connectivity index (χ1) is 10.0. The Kier molecular flexibility index (Phi) is 5.61. The van der Waals surface area contributed by atoms with E-state index in [4.69, 9.17) is 22.1 Å². The van der Waals surface area contributed by atoms with Gasteiger partial charge in [0.15, 0.2) is 0 Å². The molecular formula is C14H23ClN4O2. The van der Waals surface area contributed by atoms with Crippen LogP contribution < -0.4 is 16.2 Å². The van der Waals surface area contributed by atoms with Crippen LogP contribution >= 0.6 is 11.6 Å². The third-order valence-electron chi connectivity index (χ3n) is 4.10. The first-order valence-electron chi connectivity index (χ1n) is 7.29. The predicted molar refractivity (Wildman–Crippen MR) is 84.0 cm³/mol. The summed E-state index contributed by atoms with van der Waals surface area (Å²) in [5, 5.41) is 4.42. The summed E-state index contributed by atoms with van der Waals surface area (Å²) in [6.07, 6.45) is 3.70. The van der Waals surface area contributed by atoms with E-state index in [9.17, 15) is 4.79 Å². The Labute approximate surface area is 129 Å². The molecule has 6 nitrogen and oxygen atoms in total. The number of nitrogens with zero attached hydrogens (tertiary/aromatic N) is 3. The number of piperidine rings is 1. The van der Waals surface area contributed by atoms with Gasteiger partial charge in [-0.15, -0.1) is 0 Å². The van der Waals surface area contributed by atoms with Crippen LogP contribution in [0, 0.1) is 5.92 Å². The third kappa shape index (κ3) is 3.75. The smallest absolute Gasteiger partial charge is 0.287 e. The number of ether oxygens (including phenoxy) is 1. The number of hydrogen-bond acceptors (Lipinski definition) is 5. The first kappa shape index (κ1) is 16.3. The lowest BCUT2D eigenvalue weighted by atomic mass is 9.91. The number of hydrogen-bond donors (Lipinski definition) is 1. The quantitative estimate of drug-likeness (QED) is 0.881. The molecule has 2 heterocycles. The minimum atomic E-state index is -0.263. The standard InChI is InChI=1S/C14H23ClN4O2/c1-10(16)11-3-5-18(6-4-11)12-9-17-19(7-8-21-2)14(20)13(12)15/h9-11H,3-8,16H2,1-2H3. The minimum Gasteiger partial charge on any atom is -0.383 e. The van der Waals surface area contributed by atoms with Gasteiger partial charge in [0.2, 0.25) is 0 Å². The van der Waals surface area contributed by atoms with E-state index in [2.05, 4.69) is 10.00 Å². The van der Waals surface area contributed by atoms with Crippen molar-refractivity contribution in [2.75, 3.05) is 31.7 Å². The first-order valence-corrected chi connectivity index (χ1v) is 7.67. The number of anilines is 1. The van der Waals surface area contributed by atoms with Crippen LogP contribution in [0.15, 0.2) is 11.0 Å². The van der Waals surface area contributed by atoms with Gasteiger partial charge in [0.05, 0.1) is 25.0 Å². The van der Waals surface area contributed by atoms with E-state index in [-0.39, 0.29) is 16.6 Å². The Morgan fingerprint density at radius 1 is 1.52 bits per heavy atom. The van der Waals surface area contributed by atoms with Gasteiger partial charge in [-0.05, 0) is 25.7 Å². The van der Waals surface area contributed by atoms with Gasteiger partial charge in [-0.25, -0.2) is 4.68 Å². The summed E-state index contributed by atoms with van der Waals surface area (Å²) >= 11 is 6.23. The number of aromatic nitrogens is 2. The maximum Gasteiger partial charge on any atom is 0.287 e. The SMILES string of the molecule is COCCn1ncc(N2CCC(C(C)N)CC2)c(Cl)c1=O. The van der Waals surface area contributed by atoms with Crippen LogP contribution in [0.25, 0.3) is 0 Å². The van der Waals surface area contributed by atoms with Crippen LogP contribution in [0.5, 0.6) is 0 Å². The van der Waals surface area contributed by atoms with E-state index in [0.717, 1.165) is 31.6 Å². The zero-order chi connectivity index (χ0) is 15.4. The van der Waals surface area contributed by atoms with Crippen molar-refractivity contribution in [2.45, 2.75) is 32.4 Å². The molecule has 1 aliphatic rings. The molecule has 1 aromatic rings. The van der Waals surface area contributed by atoms with Crippen molar-refractivity contribution in [1.29, 1.82) is 0 Å². The van der Waals surface area contributed by atoms with E-state index < -0.39 is 0 Å². The second-order valence-electron chi connectivity index (χ2n) is 5.55. The Bertz CT molecular complexity index is 524. The summed E-state index contributed by atoms with van der Waals surface area (Å²) in [5.74, 6) is 0.537. The summed E-state index contributed by atoms with van der Waals surface area (Å²) < 4.78 is 6.29. The highest BCUT2D eigenvalue weighted by atomic mass is 35.5. The molecule has 118 valence electrons. The lowest BCUT2D eigenvalue weighted by Gasteiger charge is -2.35. The van der Waals surface area contributed by atoms with Gasteiger partial charge < -0.3 is 15.4 Å². The molecule has 2 rings (SSSR count). The van der Waals surface area contributed by atoms with E-state index in [1.807, 2.05) is 6.92 Å². The fourth-order valence-corrected chi connectivity index (χ4v) is 2.95. The molecule has 21 heavy (non-hydrogen) atoms. The highest BCUT2D eigenvalue weighted by Crippen LogP contribution is 2.27. The minimum absolute atomic E-state index is 0.211. The molecule has 0 amide bonds. The maximum atomic E-state index is 12.2. The van der Waals surface area contributed by atoms with Crippen LogP contribution in [0.4, 0.5) is 5.69 Å². The zero-order valence-corrected chi connectivity index (χ0v) is 13.3. The van der Waals surface area contributed by atoms with Crippen LogP contribution in [-0.4, -0.2) is 42.6 Å². The van der Waals surface area contributed by atoms with Crippen LogP contribution in [0.2, 0.25) is 5.02 Å². The summed E-state index contributed by atoms with van der Waals surface area (Å²) in [5.41, 5.74) is 6.41. The molecule has 1 saturated heterocycles. The van der Waals surface area contributed by atoms with E-state index >= 15 is 0 Å². The van der Waals surface area contributed by atoms with Gasteiger partial charge in [0.25, 0.3) is 5.56 Å². The molecule has 0 aliphatic carbocycles. The van der Waals surface area contributed by atoms with Gasteiger partial charge in [0.1, 0.15) is 5.02 Å². The van der Waals surface area contributed by atoms with Crippen molar-refractivity contribution in [2.24, 2.45) is 11.7 Å². The Balaban J connectivity index is 2.11. The average Bonchev–Trinajstić information content (AvgIpc) is 2.49. The molecule has 0 radical (unpaired) electrons. The zero-order valence-electron chi connectivity index (χ0n) is 12.6. The second kappa shape index (κ2) is 7.24. The van der Waals surface area contributed by atoms with Crippen molar-refractivity contribution in [1.82, 2.24) is 9.78 Å². The second-order valence-corrected chi connectivity index (χ2v) is 5.93. The monoisotopic (exact) mass is 314 g/mol. The van der Waals surface area contributed by atoms with Crippen LogP contribution in [-0.2, 0) is 11.3 Å². The predicted octanol–water partition coefficient (Wildman–Crippen LogP) is 1.11. The van der Waals surface area contributed by atoms with Crippen LogP contribution in [0.3, 0.4) is 0 Å². The molecule has 1 atom stereocenters. The average molecular weight is 315 g/mol. The lowest BCUT2D eigenvalue weighted by Crippen LogP contribution is -2.40. The van der Waals surface area contributed by atoms with Crippen molar-refractivity contribution < 1.29 is 4.74 Å². The largest absolute Gasteiger partial charge is 0.383 e. The van der Waals surface area contributed by atoms with E-state index in [0.29, 0.717) is 19.1 Å².